The second kappa shape index (κ2) is 7.71. The average Bonchev–Trinajstić information content (AvgIpc) is 2.49. The predicted molar refractivity (Wildman–Crippen MR) is 95.2 cm³/mol. The van der Waals surface area contributed by atoms with Crippen molar-refractivity contribution in [2.75, 3.05) is 11.1 Å². The van der Waals surface area contributed by atoms with Crippen LogP contribution in [0.15, 0.2) is 49.1 Å². The van der Waals surface area contributed by atoms with Crippen molar-refractivity contribution >= 4 is 57.0 Å². The van der Waals surface area contributed by atoms with Crippen LogP contribution in [0.5, 0.6) is 0 Å². The van der Waals surface area contributed by atoms with Gasteiger partial charge in [-0.3, -0.25) is 4.99 Å². The van der Waals surface area contributed by atoms with E-state index in [1.54, 1.807) is 6.20 Å². The highest BCUT2D eigenvalue weighted by atomic mass is 79.9. The Morgan fingerprint density at radius 1 is 1.46 bits per heavy atom. The molecule has 0 aliphatic carbocycles. The van der Waals surface area contributed by atoms with Gasteiger partial charge in [0, 0.05) is 16.9 Å². The SMILES string of the molecule is CCSc1cc(Br)cnc1N/C(Cl)=C1/C=NC(C(F)(F)F)=CC1=N. The Bertz CT molecular complexity index is 759. The molecule has 0 unspecified atom stereocenters. The Hall–Kier alpha value is -1.32. The van der Waals surface area contributed by atoms with Crippen molar-refractivity contribution < 1.29 is 13.2 Å². The topological polar surface area (TPSA) is 61.1 Å². The summed E-state index contributed by atoms with van der Waals surface area (Å²) in [5.41, 5.74) is -1.46. The molecule has 2 rings (SSSR count). The van der Waals surface area contributed by atoms with Gasteiger partial charge in [0.2, 0.25) is 0 Å². The average molecular weight is 440 g/mol. The molecule has 2 heterocycles. The molecule has 0 fully saturated rings. The first-order valence-corrected chi connectivity index (χ1v) is 8.75. The number of halogens is 5. The molecule has 0 aromatic carbocycles. The summed E-state index contributed by atoms with van der Waals surface area (Å²) in [6, 6.07) is 1.85. The minimum atomic E-state index is -4.60. The highest BCUT2D eigenvalue weighted by molar-refractivity contribution is 9.10. The number of aromatic nitrogens is 1. The van der Waals surface area contributed by atoms with Gasteiger partial charge in [-0.05, 0) is 33.8 Å². The van der Waals surface area contributed by atoms with Crippen LogP contribution in [0.4, 0.5) is 19.0 Å². The molecular formula is C14H11BrClF3N4S. The highest BCUT2D eigenvalue weighted by Gasteiger charge is 2.35. The number of aliphatic imine (C=N–C) groups is 1. The Morgan fingerprint density at radius 3 is 2.75 bits per heavy atom. The van der Waals surface area contributed by atoms with Crippen LogP contribution in [-0.2, 0) is 0 Å². The van der Waals surface area contributed by atoms with Gasteiger partial charge in [-0.15, -0.1) is 11.8 Å². The lowest BCUT2D eigenvalue weighted by Crippen LogP contribution is -2.18. The Balaban J connectivity index is 2.29. The van der Waals surface area contributed by atoms with E-state index in [0.29, 0.717) is 11.9 Å². The number of anilines is 1. The van der Waals surface area contributed by atoms with E-state index < -0.39 is 11.9 Å². The van der Waals surface area contributed by atoms with Crippen molar-refractivity contribution in [2.24, 2.45) is 4.99 Å². The zero-order valence-electron chi connectivity index (χ0n) is 12.2. The molecule has 0 amide bonds. The van der Waals surface area contributed by atoms with Crippen molar-refractivity contribution in [1.29, 1.82) is 5.41 Å². The maximum absolute atomic E-state index is 12.6. The van der Waals surface area contributed by atoms with Crippen molar-refractivity contribution in [1.82, 2.24) is 4.98 Å². The second-order valence-corrected chi connectivity index (χ2v) is 7.08. The number of nitrogens with one attached hydrogen (secondary N) is 2. The normalized spacial score (nSPS) is 16.9. The lowest BCUT2D eigenvalue weighted by atomic mass is 10.1. The molecule has 128 valence electrons. The van der Waals surface area contributed by atoms with Gasteiger partial charge in [-0.25, -0.2) is 4.98 Å². The van der Waals surface area contributed by atoms with Crippen molar-refractivity contribution in [2.45, 2.75) is 18.0 Å². The van der Waals surface area contributed by atoms with Crippen LogP contribution in [0.1, 0.15) is 6.92 Å². The molecule has 0 bridgehead atoms. The monoisotopic (exact) mass is 438 g/mol. The van der Waals surface area contributed by atoms with Crippen LogP contribution in [0.3, 0.4) is 0 Å². The highest BCUT2D eigenvalue weighted by Crippen LogP contribution is 2.32. The fourth-order valence-corrected chi connectivity index (χ4v) is 3.22. The smallest absolute Gasteiger partial charge is 0.329 e. The van der Waals surface area contributed by atoms with E-state index in [1.807, 2.05) is 13.0 Å². The molecule has 0 atom stereocenters. The Morgan fingerprint density at radius 2 is 2.17 bits per heavy atom. The third kappa shape index (κ3) is 4.61. The lowest BCUT2D eigenvalue weighted by molar-refractivity contribution is -0.0922. The molecular weight excluding hydrogens is 429 g/mol. The first-order chi connectivity index (χ1) is 11.2. The Kier molecular flexibility index (Phi) is 6.11. The van der Waals surface area contributed by atoms with Gasteiger partial charge in [-0.1, -0.05) is 18.5 Å². The summed E-state index contributed by atoms with van der Waals surface area (Å²) < 4.78 is 38.6. The van der Waals surface area contributed by atoms with Crippen LogP contribution in [0.2, 0.25) is 0 Å². The third-order valence-electron chi connectivity index (χ3n) is 2.78. The molecule has 24 heavy (non-hydrogen) atoms. The summed E-state index contributed by atoms with van der Waals surface area (Å²) in [7, 11) is 0. The third-order valence-corrected chi connectivity index (χ3v) is 4.42. The summed E-state index contributed by atoms with van der Waals surface area (Å²) >= 11 is 11.0. The summed E-state index contributed by atoms with van der Waals surface area (Å²) in [4.78, 5) is 8.34. The van der Waals surface area contributed by atoms with Crippen LogP contribution >= 0.6 is 39.3 Å². The van der Waals surface area contributed by atoms with Gasteiger partial charge in [0.05, 0.1) is 16.2 Å². The Labute approximate surface area is 153 Å². The largest absolute Gasteiger partial charge is 0.433 e. The van der Waals surface area contributed by atoms with Crippen LogP contribution in [0.25, 0.3) is 0 Å². The number of pyridine rings is 1. The quantitative estimate of drug-likeness (QED) is 0.490. The number of alkyl halides is 3. The number of hydrogen-bond donors (Lipinski definition) is 2. The van der Waals surface area contributed by atoms with E-state index in [4.69, 9.17) is 17.0 Å². The molecule has 10 heteroatoms. The molecule has 1 aliphatic rings. The summed E-state index contributed by atoms with van der Waals surface area (Å²) in [6.45, 7) is 1.97. The second-order valence-electron chi connectivity index (χ2n) is 4.49. The number of rotatable bonds is 4. The molecule has 1 aromatic heterocycles. The van der Waals surface area contributed by atoms with E-state index in [0.717, 1.165) is 21.3 Å². The lowest BCUT2D eigenvalue weighted by Gasteiger charge is -2.15. The fraction of sp³-hybridized carbons (Fsp3) is 0.214. The van der Waals surface area contributed by atoms with E-state index in [9.17, 15) is 13.2 Å². The maximum atomic E-state index is 12.6. The number of nitrogens with zero attached hydrogens (tertiary/aromatic N) is 2. The zero-order valence-corrected chi connectivity index (χ0v) is 15.4. The van der Waals surface area contributed by atoms with Crippen molar-refractivity contribution in [3.05, 3.63) is 39.2 Å². The number of hydrogen-bond acceptors (Lipinski definition) is 5. The number of thioether (sulfide) groups is 1. The van der Waals surface area contributed by atoms with Gasteiger partial charge < -0.3 is 10.7 Å². The minimum Gasteiger partial charge on any atom is -0.329 e. The first-order valence-electron chi connectivity index (χ1n) is 6.59. The van der Waals surface area contributed by atoms with Gasteiger partial charge in [0.1, 0.15) is 16.7 Å². The van der Waals surface area contributed by atoms with Crippen molar-refractivity contribution in [3.63, 3.8) is 0 Å². The summed E-state index contributed by atoms with van der Waals surface area (Å²) in [6.07, 6.45) is -1.48. The van der Waals surface area contributed by atoms with Gasteiger partial charge >= 0.3 is 6.18 Å². The van der Waals surface area contributed by atoms with E-state index in [-0.39, 0.29) is 16.4 Å². The van der Waals surface area contributed by atoms with E-state index >= 15 is 0 Å². The van der Waals surface area contributed by atoms with Crippen LogP contribution < -0.4 is 5.32 Å². The van der Waals surface area contributed by atoms with Crippen molar-refractivity contribution in [3.8, 4) is 0 Å². The molecule has 0 radical (unpaired) electrons. The zero-order chi connectivity index (χ0) is 17.9. The molecule has 4 nitrogen and oxygen atoms in total. The summed E-state index contributed by atoms with van der Waals surface area (Å²) in [5, 5.41) is 10.5. The molecule has 0 saturated heterocycles. The minimum absolute atomic E-state index is 0.0194. The fourth-order valence-electron chi connectivity index (χ4n) is 1.74. The van der Waals surface area contributed by atoms with Crippen LogP contribution in [0, 0.1) is 5.41 Å². The molecule has 1 aliphatic heterocycles. The van der Waals surface area contributed by atoms with E-state index in [1.165, 1.54) is 11.8 Å². The summed E-state index contributed by atoms with van der Waals surface area (Å²) in [5.74, 6) is 1.25. The molecule has 1 aromatic rings. The van der Waals surface area contributed by atoms with E-state index in [2.05, 4.69) is 31.2 Å². The molecule has 2 N–H and O–H groups in total. The molecule has 0 saturated carbocycles. The standard InChI is InChI=1S/C14H11BrClF3N4S/c1-2-24-10-3-7(15)5-22-13(10)23-12(16)8-6-21-11(4-9(8)20)14(17,18)19/h3-6,20H,2H2,1H3,(H,22,23)/b12-8-,20-9?. The van der Waals surface area contributed by atoms with Crippen LogP contribution in [-0.4, -0.2) is 28.8 Å². The number of allylic oxidation sites excluding steroid dienone is 3. The predicted octanol–water partition coefficient (Wildman–Crippen LogP) is 5.37. The van der Waals surface area contributed by atoms with Gasteiger partial charge in [0.15, 0.2) is 0 Å². The van der Waals surface area contributed by atoms with Gasteiger partial charge in [-0.2, -0.15) is 13.2 Å². The first kappa shape index (κ1) is 19.0. The maximum Gasteiger partial charge on any atom is 0.433 e. The van der Waals surface area contributed by atoms with Gasteiger partial charge in [0.25, 0.3) is 0 Å². The molecule has 0 spiro atoms.